The number of carbonyl (C=O) groups excluding carboxylic acids is 2. The first-order chi connectivity index (χ1) is 10.2. The molecule has 3 rings (SSSR count). The van der Waals surface area contributed by atoms with Crippen molar-refractivity contribution in [1.82, 2.24) is 0 Å². The van der Waals surface area contributed by atoms with E-state index in [1.807, 2.05) is 18.2 Å². The summed E-state index contributed by atoms with van der Waals surface area (Å²) in [7, 11) is 1.55. The van der Waals surface area contributed by atoms with E-state index < -0.39 is 11.9 Å². The van der Waals surface area contributed by atoms with Crippen LogP contribution in [0.4, 0.5) is 0 Å². The van der Waals surface area contributed by atoms with E-state index in [-0.39, 0.29) is 11.1 Å². The van der Waals surface area contributed by atoms with Gasteiger partial charge in [0.25, 0.3) is 0 Å². The Labute approximate surface area is 121 Å². The van der Waals surface area contributed by atoms with Crippen molar-refractivity contribution in [2.45, 2.75) is 0 Å². The van der Waals surface area contributed by atoms with E-state index in [1.165, 1.54) is 0 Å². The van der Waals surface area contributed by atoms with Gasteiger partial charge < -0.3 is 9.47 Å². The van der Waals surface area contributed by atoms with Crippen LogP contribution < -0.4 is 4.74 Å². The van der Waals surface area contributed by atoms with Crippen molar-refractivity contribution in [3.8, 4) is 5.75 Å². The topological polar surface area (TPSA) is 52.6 Å². The Hall–Kier alpha value is -2.88. The van der Waals surface area contributed by atoms with E-state index in [9.17, 15) is 9.59 Å². The normalized spacial score (nSPS) is 14.3. The van der Waals surface area contributed by atoms with Gasteiger partial charge in [-0.1, -0.05) is 42.5 Å². The van der Waals surface area contributed by atoms with Gasteiger partial charge in [-0.15, -0.1) is 0 Å². The maximum Gasteiger partial charge on any atom is 0.347 e. The Bertz CT molecular complexity index is 744. The second-order valence-electron chi connectivity index (χ2n) is 4.52. The highest BCUT2D eigenvalue weighted by atomic mass is 16.6. The standard InChI is InChI=1S/C17H12O4/c1-20-13-9-5-8-12(10-13)15-14(16(18)21-17(15)19)11-6-3-2-4-7-11/h2-10H,1H3. The lowest BCUT2D eigenvalue weighted by Gasteiger charge is -2.05. The summed E-state index contributed by atoms with van der Waals surface area (Å²) in [6.07, 6.45) is 0. The molecular weight excluding hydrogens is 268 g/mol. The molecule has 0 spiro atoms. The Morgan fingerprint density at radius 3 is 2.10 bits per heavy atom. The van der Waals surface area contributed by atoms with Gasteiger partial charge in [-0.2, -0.15) is 0 Å². The van der Waals surface area contributed by atoms with Crippen molar-refractivity contribution in [3.05, 3.63) is 65.7 Å². The average Bonchev–Trinajstić information content (AvgIpc) is 2.82. The lowest BCUT2D eigenvalue weighted by atomic mass is 9.96. The zero-order chi connectivity index (χ0) is 14.8. The van der Waals surface area contributed by atoms with Gasteiger partial charge in [0, 0.05) is 0 Å². The van der Waals surface area contributed by atoms with Gasteiger partial charge in [0.2, 0.25) is 0 Å². The molecule has 0 saturated heterocycles. The molecule has 1 heterocycles. The summed E-state index contributed by atoms with van der Waals surface area (Å²) >= 11 is 0. The molecule has 4 heteroatoms. The highest BCUT2D eigenvalue weighted by Crippen LogP contribution is 2.34. The summed E-state index contributed by atoms with van der Waals surface area (Å²) in [5.74, 6) is -0.643. The second kappa shape index (κ2) is 5.25. The van der Waals surface area contributed by atoms with Crippen LogP contribution in [0.5, 0.6) is 5.75 Å². The van der Waals surface area contributed by atoms with Crippen LogP contribution in [-0.2, 0) is 14.3 Å². The summed E-state index contributed by atoms with van der Waals surface area (Å²) in [5.41, 5.74) is 1.81. The molecule has 0 aromatic heterocycles. The first-order valence-electron chi connectivity index (χ1n) is 6.41. The number of cyclic esters (lactones) is 2. The third kappa shape index (κ3) is 2.31. The summed E-state index contributed by atoms with van der Waals surface area (Å²) in [6.45, 7) is 0. The SMILES string of the molecule is COc1cccc(C2=C(c3ccccc3)C(=O)OC2=O)c1. The smallest absolute Gasteiger partial charge is 0.347 e. The summed E-state index contributed by atoms with van der Waals surface area (Å²) in [4.78, 5) is 24.0. The van der Waals surface area contributed by atoms with Crippen molar-refractivity contribution < 1.29 is 19.1 Å². The van der Waals surface area contributed by atoms with Gasteiger partial charge in [0.1, 0.15) is 5.75 Å². The zero-order valence-corrected chi connectivity index (χ0v) is 11.3. The van der Waals surface area contributed by atoms with Crippen molar-refractivity contribution in [3.63, 3.8) is 0 Å². The highest BCUT2D eigenvalue weighted by molar-refractivity contribution is 6.44. The maximum absolute atomic E-state index is 12.0. The third-order valence-corrected chi connectivity index (χ3v) is 3.26. The predicted molar refractivity (Wildman–Crippen MR) is 77.3 cm³/mol. The number of hydrogen-bond acceptors (Lipinski definition) is 4. The van der Waals surface area contributed by atoms with Gasteiger partial charge >= 0.3 is 11.9 Å². The Balaban J connectivity index is 2.21. The fraction of sp³-hybridized carbons (Fsp3) is 0.0588. The number of benzene rings is 2. The molecule has 2 aromatic carbocycles. The number of rotatable bonds is 3. The van der Waals surface area contributed by atoms with E-state index in [1.54, 1.807) is 43.5 Å². The molecule has 0 amide bonds. The fourth-order valence-corrected chi connectivity index (χ4v) is 2.30. The average molecular weight is 280 g/mol. The molecule has 4 nitrogen and oxygen atoms in total. The van der Waals surface area contributed by atoms with Crippen LogP contribution in [0.25, 0.3) is 11.1 Å². The maximum atomic E-state index is 12.0. The van der Waals surface area contributed by atoms with Gasteiger partial charge in [-0.25, -0.2) is 9.59 Å². The molecule has 0 fully saturated rings. The van der Waals surface area contributed by atoms with Crippen LogP contribution in [0, 0.1) is 0 Å². The Kier molecular flexibility index (Phi) is 3.28. The molecule has 0 unspecified atom stereocenters. The quantitative estimate of drug-likeness (QED) is 0.640. The lowest BCUT2D eigenvalue weighted by molar-refractivity contribution is -0.149. The third-order valence-electron chi connectivity index (χ3n) is 3.26. The minimum Gasteiger partial charge on any atom is -0.497 e. The molecule has 0 radical (unpaired) electrons. The molecule has 104 valence electrons. The number of methoxy groups -OCH3 is 1. The number of carbonyl (C=O) groups is 2. The number of esters is 2. The van der Waals surface area contributed by atoms with E-state index in [4.69, 9.17) is 9.47 Å². The molecular formula is C17H12O4. The van der Waals surface area contributed by atoms with Crippen LogP contribution in [0.2, 0.25) is 0 Å². The molecule has 0 bridgehead atoms. The Morgan fingerprint density at radius 2 is 1.43 bits per heavy atom. The largest absolute Gasteiger partial charge is 0.497 e. The minimum atomic E-state index is -0.632. The summed E-state index contributed by atoms with van der Waals surface area (Å²) in [6, 6.07) is 16.0. The fourth-order valence-electron chi connectivity index (χ4n) is 2.30. The molecule has 21 heavy (non-hydrogen) atoms. The monoisotopic (exact) mass is 280 g/mol. The number of ether oxygens (including phenoxy) is 2. The van der Waals surface area contributed by atoms with E-state index >= 15 is 0 Å². The van der Waals surface area contributed by atoms with Gasteiger partial charge in [0.05, 0.1) is 18.3 Å². The van der Waals surface area contributed by atoms with Gasteiger partial charge in [0.15, 0.2) is 0 Å². The van der Waals surface area contributed by atoms with Crippen LogP contribution in [0.15, 0.2) is 54.6 Å². The summed E-state index contributed by atoms with van der Waals surface area (Å²) in [5, 5.41) is 0. The highest BCUT2D eigenvalue weighted by Gasteiger charge is 2.34. The van der Waals surface area contributed by atoms with E-state index in [0.717, 1.165) is 0 Å². The van der Waals surface area contributed by atoms with E-state index in [2.05, 4.69) is 0 Å². The molecule has 0 atom stereocenters. The Morgan fingerprint density at radius 1 is 0.810 bits per heavy atom. The lowest BCUT2D eigenvalue weighted by Crippen LogP contribution is -2.02. The van der Waals surface area contributed by atoms with Crippen LogP contribution in [0.1, 0.15) is 11.1 Å². The van der Waals surface area contributed by atoms with Crippen LogP contribution >= 0.6 is 0 Å². The summed E-state index contributed by atoms with van der Waals surface area (Å²) < 4.78 is 9.93. The number of hydrogen-bond donors (Lipinski definition) is 0. The molecule has 1 aliphatic heterocycles. The molecule has 2 aromatic rings. The van der Waals surface area contributed by atoms with Crippen molar-refractivity contribution in [2.24, 2.45) is 0 Å². The first kappa shape index (κ1) is 13.1. The second-order valence-corrected chi connectivity index (χ2v) is 4.52. The van der Waals surface area contributed by atoms with Gasteiger partial charge in [-0.3, -0.25) is 0 Å². The molecule has 0 N–H and O–H groups in total. The van der Waals surface area contributed by atoms with Crippen molar-refractivity contribution in [1.29, 1.82) is 0 Å². The zero-order valence-electron chi connectivity index (χ0n) is 11.3. The van der Waals surface area contributed by atoms with Crippen molar-refractivity contribution >= 4 is 23.1 Å². The van der Waals surface area contributed by atoms with Crippen LogP contribution in [0.3, 0.4) is 0 Å². The minimum absolute atomic E-state index is 0.269. The first-order valence-corrected chi connectivity index (χ1v) is 6.41. The van der Waals surface area contributed by atoms with Gasteiger partial charge in [-0.05, 0) is 23.3 Å². The van der Waals surface area contributed by atoms with E-state index in [0.29, 0.717) is 16.9 Å². The molecule has 0 saturated carbocycles. The molecule has 1 aliphatic rings. The molecule has 0 aliphatic carbocycles. The van der Waals surface area contributed by atoms with Crippen LogP contribution in [-0.4, -0.2) is 19.0 Å². The van der Waals surface area contributed by atoms with Crippen molar-refractivity contribution in [2.75, 3.05) is 7.11 Å². The predicted octanol–water partition coefficient (Wildman–Crippen LogP) is 2.69.